The van der Waals surface area contributed by atoms with Crippen molar-refractivity contribution in [1.29, 1.82) is 0 Å². The second kappa shape index (κ2) is 9.15. The Morgan fingerprint density at radius 2 is 1.65 bits per heavy atom. The average Bonchev–Trinajstić information content (AvgIpc) is 2.82. The summed E-state index contributed by atoms with van der Waals surface area (Å²) >= 11 is 0. The second-order valence-corrected chi connectivity index (χ2v) is 8.56. The Hall–Kier alpha value is -2.79. The predicted octanol–water partition coefficient (Wildman–Crippen LogP) is 4.61. The summed E-state index contributed by atoms with van der Waals surface area (Å²) in [6.07, 6.45) is 8.00. The molecule has 1 amide bonds. The van der Waals surface area contributed by atoms with E-state index in [9.17, 15) is 9.90 Å². The number of ether oxygens (including phenoxy) is 2. The summed E-state index contributed by atoms with van der Waals surface area (Å²) < 4.78 is 10.5. The van der Waals surface area contributed by atoms with Gasteiger partial charge in [0.05, 0.1) is 25.9 Å². The third-order valence-corrected chi connectivity index (χ3v) is 6.84. The highest BCUT2D eigenvalue weighted by Gasteiger charge is 2.49. The van der Waals surface area contributed by atoms with Crippen molar-refractivity contribution in [2.45, 2.75) is 43.7 Å². The minimum absolute atomic E-state index is 0.0238. The summed E-state index contributed by atoms with van der Waals surface area (Å²) in [6.45, 7) is 0.551. The van der Waals surface area contributed by atoms with Gasteiger partial charge in [-0.1, -0.05) is 37.1 Å². The van der Waals surface area contributed by atoms with E-state index in [1.807, 2.05) is 59.5 Å². The van der Waals surface area contributed by atoms with Crippen LogP contribution < -0.4 is 9.47 Å². The molecule has 2 aliphatic rings. The van der Waals surface area contributed by atoms with Crippen LogP contribution in [-0.2, 0) is 4.79 Å². The number of aliphatic hydroxyl groups is 1. The summed E-state index contributed by atoms with van der Waals surface area (Å²) in [5.41, 5.74) is 1.30. The molecule has 1 heterocycles. The molecule has 0 aromatic heterocycles. The summed E-state index contributed by atoms with van der Waals surface area (Å²) in [5.74, 6) is 1.59. The number of amides is 1. The lowest BCUT2D eigenvalue weighted by molar-refractivity contribution is -0.150. The Morgan fingerprint density at radius 3 is 2.29 bits per heavy atom. The zero-order chi connectivity index (χ0) is 21.8. The van der Waals surface area contributed by atoms with Gasteiger partial charge in [-0.25, -0.2) is 0 Å². The minimum atomic E-state index is -0.695. The Bertz CT molecular complexity index is 921. The number of fused-ring (bicyclic) bond motifs is 1. The molecule has 0 bridgehead atoms. The number of carbonyl (C=O) groups excluding carboxylic acids is 1. The first-order valence-electron chi connectivity index (χ1n) is 11.0. The number of piperidine rings is 1. The zero-order valence-corrected chi connectivity index (χ0v) is 18.3. The molecule has 1 aliphatic heterocycles. The third-order valence-electron chi connectivity index (χ3n) is 6.84. The highest BCUT2D eigenvalue weighted by Crippen LogP contribution is 2.49. The van der Waals surface area contributed by atoms with Crippen molar-refractivity contribution in [1.82, 2.24) is 4.90 Å². The van der Waals surface area contributed by atoms with Crippen LogP contribution in [0, 0.1) is 5.92 Å². The predicted molar refractivity (Wildman–Crippen MR) is 121 cm³/mol. The van der Waals surface area contributed by atoms with E-state index in [4.69, 9.17) is 9.47 Å². The van der Waals surface area contributed by atoms with Crippen molar-refractivity contribution >= 4 is 12.0 Å². The molecule has 1 saturated heterocycles. The molecule has 0 spiro atoms. The van der Waals surface area contributed by atoms with E-state index in [1.165, 1.54) is 0 Å². The fraction of sp³-hybridized carbons (Fsp3) is 0.423. The van der Waals surface area contributed by atoms with E-state index >= 15 is 0 Å². The number of nitrogens with zero attached hydrogens (tertiary/aromatic N) is 1. The Balaban J connectivity index is 1.61. The number of rotatable bonds is 5. The molecule has 5 nitrogen and oxygen atoms in total. The van der Waals surface area contributed by atoms with Gasteiger partial charge in [0.1, 0.15) is 11.5 Å². The molecule has 1 N–H and O–H groups in total. The van der Waals surface area contributed by atoms with Crippen molar-refractivity contribution in [3.05, 3.63) is 65.7 Å². The number of hydrogen-bond acceptors (Lipinski definition) is 4. The van der Waals surface area contributed by atoms with E-state index in [0.29, 0.717) is 13.0 Å². The maximum Gasteiger partial charge on any atom is 0.247 e. The van der Waals surface area contributed by atoms with Crippen LogP contribution in [0.3, 0.4) is 0 Å². The fourth-order valence-corrected chi connectivity index (χ4v) is 5.12. The normalized spacial score (nSPS) is 25.8. The van der Waals surface area contributed by atoms with Gasteiger partial charge in [-0.05, 0) is 60.7 Å². The van der Waals surface area contributed by atoms with E-state index in [2.05, 4.69) is 0 Å². The molecule has 0 unspecified atom stereocenters. The van der Waals surface area contributed by atoms with Crippen LogP contribution in [0.25, 0.3) is 6.08 Å². The summed E-state index contributed by atoms with van der Waals surface area (Å²) in [4.78, 5) is 15.2. The van der Waals surface area contributed by atoms with Crippen molar-refractivity contribution in [2.75, 3.05) is 20.8 Å². The van der Waals surface area contributed by atoms with Crippen molar-refractivity contribution in [3.63, 3.8) is 0 Å². The molecule has 2 aromatic carbocycles. The van der Waals surface area contributed by atoms with Crippen LogP contribution in [0.15, 0.2) is 54.6 Å². The molecule has 4 rings (SSSR count). The Labute approximate surface area is 184 Å². The van der Waals surface area contributed by atoms with Gasteiger partial charge in [-0.3, -0.25) is 4.79 Å². The monoisotopic (exact) mass is 421 g/mol. The first-order chi connectivity index (χ1) is 15.0. The number of methoxy groups -OCH3 is 2. The number of likely N-dealkylation sites (tertiary alicyclic amines) is 1. The van der Waals surface area contributed by atoms with Crippen molar-refractivity contribution < 1.29 is 19.4 Å². The van der Waals surface area contributed by atoms with Crippen molar-refractivity contribution in [2.24, 2.45) is 5.92 Å². The number of carbonyl (C=O) groups is 1. The van der Waals surface area contributed by atoms with Gasteiger partial charge in [0, 0.05) is 18.5 Å². The largest absolute Gasteiger partial charge is 0.497 e. The quantitative estimate of drug-likeness (QED) is 0.716. The van der Waals surface area contributed by atoms with Crippen molar-refractivity contribution in [3.8, 4) is 11.5 Å². The minimum Gasteiger partial charge on any atom is -0.497 e. The Kier molecular flexibility index (Phi) is 6.33. The van der Waals surface area contributed by atoms with Gasteiger partial charge in [-0.2, -0.15) is 0 Å². The lowest BCUT2D eigenvalue weighted by Crippen LogP contribution is -2.56. The SMILES string of the molecule is COc1ccc(/C=C/C(=O)N2CC[C@]3(O)CCCC[C@@H]3[C@@H]2c2ccc(OC)cc2)cc1. The summed E-state index contributed by atoms with van der Waals surface area (Å²) in [7, 11) is 3.28. The van der Waals surface area contributed by atoms with Crippen LogP contribution in [0.2, 0.25) is 0 Å². The molecule has 2 aromatic rings. The first kappa shape index (κ1) is 21.4. The molecule has 2 fully saturated rings. The second-order valence-electron chi connectivity index (χ2n) is 8.56. The molecule has 3 atom stereocenters. The highest BCUT2D eigenvalue weighted by atomic mass is 16.5. The van der Waals surface area contributed by atoms with E-state index < -0.39 is 5.60 Å². The van der Waals surface area contributed by atoms with Gasteiger partial charge in [0.15, 0.2) is 0 Å². The van der Waals surface area contributed by atoms with E-state index in [1.54, 1.807) is 20.3 Å². The van der Waals surface area contributed by atoms with Crippen LogP contribution in [-0.4, -0.2) is 42.3 Å². The first-order valence-corrected chi connectivity index (χ1v) is 11.0. The lowest BCUT2D eigenvalue weighted by atomic mass is 9.66. The highest BCUT2D eigenvalue weighted by molar-refractivity contribution is 5.92. The molecule has 1 saturated carbocycles. The lowest BCUT2D eigenvalue weighted by Gasteiger charge is -2.52. The third kappa shape index (κ3) is 4.47. The van der Waals surface area contributed by atoms with Gasteiger partial charge in [0.2, 0.25) is 5.91 Å². The topological polar surface area (TPSA) is 59.0 Å². The van der Waals surface area contributed by atoms with E-state index in [0.717, 1.165) is 48.3 Å². The summed E-state index contributed by atoms with van der Waals surface area (Å²) in [6, 6.07) is 15.4. The zero-order valence-electron chi connectivity index (χ0n) is 18.3. The maximum atomic E-state index is 13.3. The fourth-order valence-electron chi connectivity index (χ4n) is 5.12. The molecular weight excluding hydrogens is 390 g/mol. The molecule has 5 heteroatoms. The van der Waals surface area contributed by atoms with Crippen LogP contribution in [0.1, 0.15) is 49.3 Å². The average molecular weight is 422 g/mol. The molecular formula is C26H31NO4. The van der Waals surface area contributed by atoms with E-state index in [-0.39, 0.29) is 17.9 Å². The maximum absolute atomic E-state index is 13.3. The molecule has 1 aliphatic carbocycles. The number of benzene rings is 2. The summed E-state index contributed by atoms with van der Waals surface area (Å²) in [5, 5.41) is 11.4. The van der Waals surface area contributed by atoms with Crippen LogP contribution >= 0.6 is 0 Å². The van der Waals surface area contributed by atoms with Gasteiger partial charge >= 0.3 is 0 Å². The van der Waals surface area contributed by atoms with Gasteiger partial charge in [0.25, 0.3) is 0 Å². The molecule has 31 heavy (non-hydrogen) atoms. The Morgan fingerprint density at radius 1 is 1.00 bits per heavy atom. The van der Waals surface area contributed by atoms with Crippen LogP contribution in [0.5, 0.6) is 11.5 Å². The molecule has 164 valence electrons. The number of hydrogen-bond donors (Lipinski definition) is 1. The van der Waals surface area contributed by atoms with Crippen LogP contribution in [0.4, 0.5) is 0 Å². The smallest absolute Gasteiger partial charge is 0.247 e. The molecule has 0 radical (unpaired) electrons. The van der Waals surface area contributed by atoms with Gasteiger partial charge in [-0.15, -0.1) is 0 Å². The van der Waals surface area contributed by atoms with Gasteiger partial charge < -0.3 is 19.5 Å². The standard InChI is InChI=1S/C26H31NO4/c1-30-21-11-6-19(7-12-21)8-15-24(28)27-18-17-26(29)16-4-3-5-23(26)25(27)20-9-13-22(31-2)14-10-20/h6-15,23,25,29H,3-5,16-18H2,1-2H3/b15-8+/t23-,25+,26-/m1/s1.